The predicted molar refractivity (Wildman–Crippen MR) is 87.7 cm³/mol. The van der Waals surface area contributed by atoms with Crippen molar-refractivity contribution in [3.05, 3.63) is 64.7 Å². The standard InChI is InChI=1S/C17H16ClNS/c1-19(2)10-9-13-14-5-3-4-6-16(14)20-17-8-7-12(18)11-15(13)17/h3-9,11H,10H2,1-2H3/b13-9+. The molecule has 102 valence electrons. The molecule has 1 heterocycles. The highest BCUT2D eigenvalue weighted by molar-refractivity contribution is 7.99. The first-order chi connectivity index (χ1) is 9.65. The average Bonchev–Trinajstić information content (AvgIpc) is 2.43. The Labute approximate surface area is 129 Å². The molecule has 0 unspecified atom stereocenters. The van der Waals surface area contributed by atoms with E-state index in [0.717, 1.165) is 11.6 Å². The third kappa shape index (κ3) is 2.64. The Hall–Kier alpha value is -1.22. The zero-order valence-corrected chi connectivity index (χ0v) is 13.1. The smallest absolute Gasteiger partial charge is 0.0412 e. The monoisotopic (exact) mass is 301 g/mol. The van der Waals surface area contributed by atoms with Gasteiger partial charge >= 0.3 is 0 Å². The molecule has 1 aliphatic heterocycles. The Kier molecular flexibility index (Phi) is 3.88. The molecule has 0 fully saturated rings. The van der Waals surface area contributed by atoms with Gasteiger partial charge in [-0.25, -0.2) is 0 Å². The van der Waals surface area contributed by atoms with Crippen LogP contribution in [0.5, 0.6) is 0 Å². The summed E-state index contributed by atoms with van der Waals surface area (Å²) in [5, 5.41) is 0.791. The quantitative estimate of drug-likeness (QED) is 0.669. The number of rotatable bonds is 2. The predicted octanol–water partition coefficient (Wildman–Crippen LogP) is 4.80. The van der Waals surface area contributed by atoms with Crippen LogP contribution in [-0.4, -0.2) is 25.5 Å². The van der Waals surface area contributed by atoms with Gasteiger partial charge in [0.1, 0.15) is 0 Å². The van der Waals surface area contributed by atoms with E-state index >= 15 is 0 Å². The summed E-state index contributed by atoms with van der Waals surface area (Å²) in [6.07, 6.45) is 2.29. The number of halogens is 1. The summed E-state index contributed by atoms with van der Waals surface area (Å²) in [6.45, 7) is 0.917. The van der Waals surface area contributed by atoms with E-state index in [1.165, 1.54) is 26.5 Å². The van der Waals surface area contributed by atoms with Gasteiger partial charge in [0.05, 0.1) is 0 Å². The molecule has 0 saturated carbocycles. The molecule has 2 aromatic rings. The molecule has 3 rings (SSSR count). The Balaban J connectivity index is 2.16. The fourth-order valence-corrected chi connectivity index (χ4v) is 3.60. The van der Waals surface area contributed by atoms with Crippen molar-refractivity contribution in [2.24, 2.45) is 0 Å². The number of likely N-dealkylation sites (N-methyl/N-ethyl adjacent to an activating group) is 1. The highest BCUT2D eigenvalue weighted by Gasteiger charge is 2.20. The molecule has 3 heteroatoms. The lowest BCUT2D eigenvalue weighted by Crippen LogP contribution is -2.12. The fraction of sp³-hybridized carbons (Fsp3) is 0.176. The van der Waals surface area contributed by atoms with Crippen molar-refractivity contribution in [3.63, 3.8) is 0 Å². The first-order valence-electron chi connectivity index (χ1n) is 6.57. The summed E-state index contributed by atoms with van der Waals surface area (Å²) in [6, 6.07) is 14.7. The Morgan fingerprint density at radius 2 is 1.80 bits per heavy atom. The van der Waals surface area contributed by atoms with Crippen LogP contribution in [0.25, 0.3) is 5.57 Å². The fourth-order valence-electron chi connectivity index (χ4n) is 2.34. The largest absolute Gasteiger partial charge is 0.306 e. The van der Waals surface area contributed by atoms with E-state index in [4.69, 9.17) is 11.6 Å². The molecule has 2 aromatic carbocycles. The molecule has 0 bridgehead atoms. The molecule has 0 aromatic heterocycles. The summed E-state index contributed by atoms with van der Waals surface area (Å²) in [4.78, 5) is 4.76. The molecule has 1 aliphatic rings. The minimum Gasteiger partial charge on any atom is -0.306 e. The normalized spacial score (nSPS) is 15.3. The number of hydrogen-bond acceptors (Lipinski definition) is 2. The Bertz CT molecular complexity index is 676. The van der Waals surface area contributed by atoms with Crippen molar-refractivity contribution in [1.29, 1.82) is 0 Å². The van der Waals surface area contributed by atoms with E-state index in [-0.39, 0.29) is 0 Å². The summed E-state index contributed by atoms with van der Waals surface area (Å²) in [5.74, 6) is 0. The van der Waals surface area contributed by atoms with Crippen LogP contribution in [0, 0.1) is 0 Å². The molecule has 0 saturated heterocycles. The Morgan fingerprint density at radius 1 is 1.05 bits per heavy atom. The topological polar surface area (TPSA) is 3.24 Å². The van der Waals surface area contributed by atoms with Crippen LogP contribution < -0.4 is 0 Å². The minimum absolute atomic E-state index is 0.791. The van der Waals surface area contributed by atoms with E-state index in [1.54, 1.807) is 0 Å². The molecule has 0 atom stereocenters. The van der Waals surface area contributed by atoms with Gasteiger partial charge in [0, 0.05) is 21.4 Å². The SMILES string of the molecule is CN(C)C/C=C1\c2ccccc2Sc2ccc(Cl)cc21. The second-order valence-corrected chi connectivity index (χ2v) is 6.64. The van der Waals surface area contributed by atoms with Gasteiger partial charge in [-0.1, -0.05) is 47.6 Å². The molecule has 0 amide bonds. The van der Waals surface area contributed by atoms with Gasteiger partial charge in [-0.2, -0.15) is 0 Å². The van der Waals surface area contributed by atoms with Gasteiger partial charge in [-0.3, -0.25) is 0 Å². The highest BCUT2D eigenvalue weighted by atomic mass is 35.5. The van der Waals surface area contributed by atoms with Gasteiger partial charge in [0.25, 0.3) is 0 Å². The van der Waals surface area contributed by atoms with Crippen molar-refractivity contribution in [1.82, 2.24) is 4.90 Å². The molecular formula is C17H16ClNS. The summed E-state index contributed by atoms with van der Waals surface area (Å²) in [7, 11) is 4.17. The van der Waals surface area contributed by atoms with Gasteiger partial charge in [0.15, 0.2) is 0 Å². The van der Waals surface area contributed by atoms with Crippen molar-refractivity contribution < 1.29 is 0 Å². The molecule has 1 nitrogen and oxygen atoms in total. The number of nitrogens with zero attached hydrogens (tertiary/aromatic N) is 1. The molecule has 0 spiro atoms. The van der Waals surface area contributed by atoms with E-state index in [1.807, 2.05) is 17.8 Å². The van der Waals surface area contributed by atoms with Crippen molar-refractivity contribution in [2.45, 2.75) is 9.79 Å². The zero-order chi connectivity index (χ0) is 14.1. The minimum atomic E-state index is 0.791. The zero-order valence-electron chi connectivity index (χ0n) is 11.6. The van der Waals surface area contributed by atoms with Crippen molar-refractivity contribution >= 4 is 28.9 Å². The molecule has 0 aliphatic carbocycles. The van der Waals surface area contributed by atoms with Crippen molar-refractivity contribution in [3.8, 4) is 0 Å². The van der Waals surface area contributed by atoms with Gasteiger partial charge in [-0.15, -0.1) is 0 Å². The van der Waals surface area contributed by atoms with E-state index in [9.17, 15) is 0 Å². The van der Waals surface area contributed by atoms with Gasteiger partial charge < -0.3 is 4.90 Å². The average molecular weight is 302 g/mol. The molecule has 0 radical (unpaired) electrons. The maximum atomic E-state index is 6.18. The molecule has 20 heavy (non-hydrogen) atoms. The lowest BCUT2D eigenvalue weighted by Gasteiger charge is -2.22. The number of hydrogen-bond donors (Lipinski definition) is 0. The first kappa shape index (κ1) is 13.7. The molecule has 0 N–H and O–H groups in total. The van der Waals surface area contributed by atoms with Crippen LogP contribution in [0.2, 0.25) is 5.02 Å². The van der Waals surface area contributed by atoms with Crippen molar-refractivity contribution in [2.75, 3.05) is 20.6 Å². The number of fused-ring (bicyclic) bond motifs is 2. The second-order valence-electron chi connectivity index (χ2n) is 5.12. The van der Waals surface area contributed by atoms with Gasteiger partial charge in [0.2, 0.25) is 0 Å². The highest BCUT2D eigenvalue weighted by Crippen LogP contribution is 2.45. The summed E-state index contributed by atoms with van der Waals surface area (Å²) in [5.41, 5.74) is 3.82. The number of benzene rings is 2. The summed E-state index contributed by atoms with van der Waals surface area (Å²) < 4.78 is 0. The third-order valence-electron chi connectivity index (χ3n) is 3.29. The van der Waals surface area contributed by atoms with E-state index in [2.05, 4.69) is 61.5 Å². The maximum absolute atomic E-state index is 6.18. The van der Waals surface area contributed by atoms with E-state index in [0.29, 0.717) is 0 Å². The van der Waals surface area contributed by atoms with Crippen LogP contribution >= 0.6 is 23.4 Å². The second kappa shape index (κ2) is 5.65. The van der Waals surface area contributed by atoms with Crippen LogP contribution in [0.3, 0.4) is 0 Å². The van der Waals surface area contributed by atoms with Crippen LogP contribution in [0.1, 0.15) is 11.1 Å². The van der Waals surface area contributed by atoms with Crippen LogP contribution in [0.4, 0.5) is 0 Å². The maximum Gasteiger partial charge on any atom is 0.0412 e. The lowest BCUT2D eigenvalue weighted by molar-refractivity contribution is 0.457. The van der Waals surface area contributed by atoms with Crippen LogP contribution in [-0.2, 0) is 0 Å². The third-order valence-corrected chi connectivity index (χ3v) is 4.68. The van der Waals surface area contributed by atoms with Crippen LogP contribution in [0.15, 0.2) is 58.3 Å². The van der Waals surface area contributed by atoms with E-state index < -0.39 is 0 Å². The molecular weight excluding hydrogens is 286 g/mol. The van der Waals surface area contributed by atoms with Gasteiger partial charge in [-0.05, 0) is 55.1 Å². The Morgan fingerprint density at radius 3 is 2.60 bits per heavy atom. The lowest BCUT2D eigenvalue weighted by atomic mass is 9.96. The first-order valence-corrected chi connectivity index (χ1v) is 7.76. The summed E-state index contributed by atoms with van der Waals surface area (Å²) >= 11 is 8.00.